The first kappa shape index (κ1) is 27.9. The van der Waals surface area contributed by atoms with Gasteiger partial charge < -0.3 is 34.3 Å². The molecule has 2 aliphatic rings. The number of hydrogen-bond donors (Lipinski definition) is 2. The van der Waals surface area contributed by atoms with Gasteiger partial charge in [-0.15, -0.1) is 24.0 Å². The molecule has 0 bridgehead atoms. The number of benzene rings is 1. The van der Waals surface area contributed by atoms with Gasteiger partial charge in [0.1, 0.15) is 0 Å². The Morgan fingerprint density at radius 2 is 1.88 bits per heavy atom. The number of unbranched alkanes of at least 4 members (excludes halogenated alkanes) is 1. The van der Waals surface area contributed by atoms with Crippen LogP contribution in [0.2, 0.25) is 0 Å². The summed E-state index contributed by atoms with van der Waals surface area (Å²) >= 11 is 0. The van der Waals surface area contributed by atoms with Crippen molar-refractivity contribution in [2.24, 2.45) is 4.99 Å². The topological polar surface area (TPSA) is 82.6 Å². The molecule has 2 heterocycles. The lowest BCUT2D eigenvalue weighted by molar-refractivity contribution is 0.0171. The molecule has 33 heavy (non-hydrogen) atoms. The lowest BCUT2D eigenvalue weighted by Gasteiger charge is -2.15. The molecule has 0 spiro atoms. The van der Waals surface area contributed by atoms with Crippen molar-refractivity contribution in [2.45, 2.75) is 51.6 Å². The largest absolute Gasteiger partial charge is 0.490 e. The highest BCUT2D eigenvalue weighted by molar-refractivity contribution is 14.0. The van der Waals surface area contributed by atoms with Crippen LogP contribution in [0.5, 0.6) is 11.5 Å². The number of anilines is 1. The van der Waals surface area contributed by atoms with Crippen LogP contribution >= 0.6 is 24.0 Å². The first-order chi connectivity index (χ1) is 15.8. The molecule has 1 unspecified atom stereocenters. The Morgan fingerprint density at radius 1 is 1.03 bits per heavy atom. The Labute approximate surface area is 215 Å². The lowest BCUT2D eigenvalue weighted by atomic mass is 10.2. The fraction of sp³-hybridized carbons (Fsp3) is 0.708. The molecule has 0 saturated carbocycles. The monoisotopic (exact) mass is 577 g/mol. The molecule has 9 heteroatoms. The zero-order valence-corrected chi connectivity index (χ0v) is 22.1. The number of guanidine groups is 1. The molecule has 0 amide bonds. The van der Waals surface area contributed by atoms with Gasteiger partial charge in [0.2, 0.25) is 0 Å². The normalized spacial score (nSPS) is 17.8. The predicted octanol–water partition coefficient (Wildman–Crippen LogP) is 4.23. The molecular weight excluding hydrogens is 537 g/mol. The second-order valence-corrected chi connectivity index (χ2v) is 8.02. The molecule has 2 N–H and O–H groups in total. The molecule has 1 aromatic rings. The van der Waals surface area contributed by atoms with Crippen molar-refractivity contribution in [3.8, 4) is 11.5 Å². The maximum absolute atomic E-state index is 5.80. The van der Waals surface area contributed by atoms with Gasteiger partial charge in [-0.3, -0.25) is 4.99 Å². The summed E-state index contributed by atoms with van der Waals surface area (Å²) in [4.78, 5) is 4.71. The molecule has 0 radical (unpaired) electrons. The third kappa shape index (κ3) is 11.1. The highest BCUT2D eigenvalue weighted by atomic mass is 127. The zero-order valence-electron chi connectivity index (χ0n) is 19.8. The first-order valence-electron chi connectivity index (χ1n) is 12.1. The summed E-state index contributed by atoms with van der Waals surface area (Å²) < 4.78 is 28.5. The smallest absolute Gasteiger partial charge is 0.195 e. The number of rotatable bonds is 13. The van der Waals surface area contributed by atoms with E-state index in [0.29, 0.717) is 46.1 Å². The minimum Gasteiger partial charge on any atom is -0.490 e. The molecule has 0 aromatic heterocycles. The van der Waals surface area contributed by atoms with Gasteiger partial charge in [0.25, 0.3) is 0 Å². The molecule has 1 aromatic carbocycles. The molecule has 3 rings (SSSR count). The number of hydrogen-bond acceptors (Lipinski definition) is 6. The van der Waals surface area contributed by atoms with Gasteiger partial charge in [-0.25, -0.2) is 0 Å². The molecule has 1 fully saturated rings. The summed E-state index contributed by atoms with van der Waals surface area (Å²) in [6, 6.07) is 5.88. The Morgan fingerprint density at radius 3 is 2.70 bits per heavy atom. The van der Waals surface area contributed by atoms with E-state index in [9.17, 15) is 0 Å². The number of nitrogens with one attached hydrogen (secondary N) is 2. The molecule has 0 aliphatic carbocycles. The Kier molecular flexibility index (Phi) is 14.5. The summed E-state index contributed by atoms with van der Waals surface area (Å²) in [6.07, 6.45) is 6.48. The van der Waals surface area contributed by atoms with E-state index in [1.54, 1.807) is 0 Å². The van der Waals surface area contributed by atoms with Crippen LogP contribution in [-0.2, 0) is 14.2 Å². The third-order valence-corrected chi connectivity index (χ3v) is 5.24. The fourth-order valence-electron chi connectivity index (χ4n) is 3.46. The van der Waals surface area contributed by atoms with Gasteiger partial charge in [0.05, 0.1) is 32.5 Å². The second-order valence-electron chi connectivity index (χ2n) is 8.02. The molecule has 8 nitrogen and oxygen atoms in total. The van der Waals surface area contributed by atoms with Gasteiger partial charge in [0.15, 0.2) is 17.5 Å². The van der Waals surface area contributed by atoms with Crippen molar-refractivity contribution in [3.63, 3.8) is 0 Å². The van der Waals surface area contributed by atoms with Gasteiger partial charge in [-0.2, -0.15) is 0 Å². The van der Waals surface area contributed by atoms with Crippen LogP contribution in [0.1, 0.15) is 45.4 Å². The number of halogens is 1. The molecule has 188 valence electrons. The molecular formula is C24H40IN3O5. The summed E-state index contributed by atoms with van der Waals surface area (Å²) in [6.45, 7) is 8.53. The second kappa shape index (κ2) is 17.2. The van der Waals surface area contributed by atoms with Crippen molar-refractivity contribution < 1.29 is 23.7 Å². The standard InChI is InChI=1S/C24H39N3O5.HI/c1-2-3-12-28-17-11-26-24(25-10-5-13-29-19-21-7-4-14-30-21)27-20-8-9-22-23(18-20)32-16-6-15-31-22;/h8-9,18,21H,2-7,10-17,19H2,1H3,(H2,25,26,27);1H. The van der Waals surface area contributed by atoms with Gasteiger partial charge in [-0.1, -0.05) is 13.3 Å². The highest BCUT2D eigenvalue weighted by Crippen LogP contribution is 2.32. The summed E-state index contributed by atoms with van der Waals surface area (Å²) in [5.74, 6) is 2.27. The van der Waals surface area contributed by atoms with E-state index in [0.717, 1.165) is 74.9 Å². The fourth-order valence-corrected chi connectivity index (χ4v) is 3.46. The van der Waals surface area contributed by atoms with E-state index in [4.69, 9.17) is 28.7 Å². The number of ether oxygens (including phenoxy) is 5. The van der Waals surface area contributed by atoms with E-state index >= 15 is 0 Å². The van der Waals surface area contributed by atoms with Crippen LogP contribution in [-0.4, -0.2) is 71.4 Å². The number of nitrogens with zero attached hydrogens (tertiary/aromatic N) is 1. The van der Waals surface area contributed by atoms with Crippen molar-refractivity contribution in [1.82, 2.24) is 5.32 Å². The summed E-state index contributed by atoms with van der Waals surface area (Å²) in [5.41, 5.74) is 0.905. The Balaban J connectivity index is 0.00000385. The van der Waals surface area contributed by atoms with Gasteiger partial charge >= 0.3 is 0 Å². The predicted molar refractivity (Wildman–Crippen MR) is 142 cm³/mol. The van der Waals surface area contributed by atoms with Crippen LogP contribution in [0.4, 0.5) is 5.69 Å². The van der Waals surface area contributed by atoms with Crippen molar-refractivity contribution in [3.05, 3.63) is 18.2 Å². The summed E-state index contributed by atoms with van der Waals surface area (Å²) in [7, 11) is 0. The lowest BCUT2D eigenvalue weighted by Crippen LogP contribution is -2.33. The molecule has 2 aliphatic heterocycles. The maximum Gasteiger partial charge on any atom is 0.195 e. The Hall–Kier alpha value is -1.30. The van der Waals surface area contributed by atoms with Crippen molar-refractivity contribution in [1.29, 1.82) is 0 Å². The summed E-state index contributed by atoms with van der Waals surface area (Å²) in [5, 5.41) is 6.73. The van der Waals surface area contributed by atoms with Crippen LogP contribution in [0.3, 0.4) is 0 Å². The van der Waals surface area contributed by atoms with Crippen LogP contribution in [0, 0.1) is 0 Å². The molecule has 1 atom stereocenters. The average Bonchev–Trinajstić information content (AvgIpc) is 3.22. The van der Waals surface area contributed by atoms with Gasteiger partial charge in [0, 0.05) is 51.1 Å². The van der Waals surface area contributed by atoms with E-state index in [1.807, 2.05) is 18.2 Å². The average molecular weight is 578 g/mol. The number of aliphatic imine (C=N–C) groups is 1. The van der Waals surface area contributed by atoms with E-state index < -0.39 is 0 Å². The first-order valence-corrected chi connectivity index (χ1v) is 12.1. The SMILES string of the molecule is CCCCOCCNC(=NCCCOCC1CCCO1)Nc1ccc2c(c1)OCCCO2.I. The van der Waals surface area contributed by atoms with Crippen LogP contribution in [0.25, 0.3) is 0 Å². The van der Waals surface area contributed by atoms with Crippen molar-refractivity contribution >= 4 is 35.6 Å². The zero-order chi connectivity index (χ0) is 22.3. The quantitative estimate of drug-likeness (QED) is 0.157. The van der Waals surface area contributed by atoms with Gasteiger partial charge in [-0.05, 0) is 37.8 Å². The maximum atomic E-state index is 5.80. The number of fused-ring (bicyclic) bond motifs is 1. The van der Waals surface area contributed by atoms with E-state index in [2.05, 4.69) is 17.6 Å². The van der Waals surface area contributed by atoms with Crippen LogP contribution < -0.4 is 20.1 Å². The van der Waals surface area contributed by atoms with Crippen molar-refractivity contribution in [2.75, 3.05) is 64.7 Å². The van der Waals surface area contributed by atoms with Crippen LogP contribution in [0.15, 0.2) is 23.2 Å². The minimum absolute atomic E-state index is 0. The highest BCUT2D eigenvalue weighted by Gasteiger charge is 2.15. The Bertz CT molecular complexity index is 686. The van der Waals surface area contributed by atoms with E-state index in [-0.39, 0.29) is 30.1 Å². The molecule has 1 saturated heterocycles. The third-order valence-electron chi connectivity index (χ3n) is 5.24. The van der Waals surface area contributed by atoms with E-state index in [1.165, 1.54) is 0 Å². The minimum atomic E-state index is 0.